The van der Waals surface area contributed by atoms with Crippen LogP contribution < -0.4 is 0 Å². The number of rotatable bonds is 8. The maximum atomic E-state index is 8.86. The molecule has 0 fully saturated rings. The van der Waals surface area contributed by atoms with E-state index in [0.717, 1.165) is 55.0 Å². The van der Waals surface area contributed by atoms with Crippen molar-refractivity contribution in [1.29, 1.82) is 0 Å². The van der Waals surface area contributed by atoms with Gasteiger partial charge in [0.25, 0.3) is 0 Å². The number of hydrogen-bond donors (Lipinski definition) is 0. The number of fused-ring (bicyclic) bond motifs is 18. The second-order valence-corrected chi connectivity index (χ2v) is 22.9. The molecule has 1 aliphatic heterocycles. The number of aromatic nitrogens is 3. The Labute approximate surface area is 489 Å². The summed E-state index contributed by atoms with van der Waals surface area (Å²) < 4.78 is 24.9. The van der Waals surface area contributed by atoms with Crippen molar-refractivity contribution in [3.8, 4) is 28.2 Å². The molecule has 0 amide bonds. The lowest BCUT2D eigenvalue weighted by molar-refractivity contribution is 0.743. The fourth-order valence-corrected chi connectivity index (χ4v) is 15.4. The molecule has 0 radical (unpaired) electrons. The van der Waals surface area contributed by atoms with Crippen molar-refractivity contribution < 1.29 is 2.74 Å². The molecule has 0 N–H and O–H groups in total. The molecule has 16 aromatic rings. The van der Waals surface area contributed by atoms with Crippen LogP contribution in [0.3, 0.4) is 0 Å². The molecule has 0 bridgehead atoms. The summed E-state index contributed by atoms with van der Waals surface area (Å²) in [6.07, 6.45) is 0. The van der Waals surface area contributed by atoms with Crippen molar-refractivity contribution in [2.45, 2.75) is 17.3 Å². The Balaban J connectivity index is 0.898. The van der Waals surface area contributed by atoms with E-state index >= 15 is 0 Å². The van der Waals surface area contributed by atoms with E-state index < -0.39 is 5.41 Å². The van der Waals surface area contributed by atoms with Gasteiger partial charge in [-0.2, -0.15) is 0 Å². The maximum Gasteiger partial charge on any atom is 0.0754 e. The summed E-state index contributed by atoms with van der Waals surface area (Å²) >= 11 is 0. The molecule has 3 heteroatoms. The minimum Gasteiger partial charge on any atom is -0.309 e. The first-order valence-corrected chi connectivity index (χ1v) is 29.2. The number of para-hydroxylation sites is 7. The van der Waals surface area contributed by atoms with Crippen molar-refractivity contribution in [2.75, 3.05) is 0 Å². The smallest absolute Gasteiger partial charge is 0.0754 e. The third-order valence-corrected chi connectivity index (χ3v) is 18.7. The number of nitrogens with zero attached hydrogens (tertiary/aromatic N) is 3. The molecular formula is C81H53N3. The topological polar surface area (TPSA) is 14.8 Å². The van der Waals surface area contributed by atoms with E-state index in [1.165, 1.54) is 94.3 Å². The average Bonchev–Trinajstić information content (AvgIpc) is 1.49. The number of benzene rings is 13. The molecule has 13 aromatic carbocycles. The molecule has 4 heterocycles. The fraction of sp³-hybridized carbons (Fsp3) is 0.0370. The van der Waals surface area contributed by atoms with Crippen LogP contribution in [0.4, 0.5) is 0 Å². The zero-order chi connectivity index (χ0) is 56.8. The lowest BCUT2D eigenvalue weighted by Gasteiger charge is -2.40. The Hall–Kier alpha value is -10.7. The average molecular weight is 1070 g/mol. The van der Waals surface area contributed by atoms with Gasteiger partial charge in [-0.25, -0.2) is 0 Å². The fourth-order valence-electron chi connectivity index (χ4n) is 15.4. The van der Waals surface area contributed by atoms with E-state index in [1.54, 1.807) is 0 Å². The van der Waals surface area contributed by atoms with Crippen LogP contribution in [-0.4, -0.2) is 13.7 Å². The summed E-state index contributed by atoms with van der Waals surface area (Å²) in [5, 5.41) is 6.89. The van der Waals surface area contributed by atoms with Gasteiger partial charge in [0.1, 0.15) is 0 Å². The van der Waals surface area contributed by atoms with Crippen LogP contribution in [0.25, 0.3) is 93.6 Å². The molecule has 392 valence electrons. The summed E-state index contributed by atoms with van der Waals surface area (Å²) in [5.74, 6) is -0.261. The molecular weight excluding hydrogens is 1010 g/mol. The molecule has 2 unspecified atom stereocenters. The monoisotopic (exact) mass is 1070 g/mol. The number of hydrogen-bond acceptors (Lipinski definition) is 0. The quantitative estimate of drug-likeness (QED) is 0.135. The maximum absolute atomic E-state index is 8.86. The molecule has 2 aliphatic rings. The van der Waals surface area contributed by atoms with Crippen LogP contribution in [0.1, 0.15) is 70.2 Å². The first-order valence-electron chi connectivity index (χ1n) is 30.2. The summed E-state index contributed by atoms with van der Waals surface area (Å²) in [7, 11) is 0. The molecule has 0 saturated carbocycles. The van der Waals surface area contributed by atoms with Gasteiger partial charge < -0.3 is 13.7 Å². The summed E-state index contributed by atoms with van der Waals surface area (Å²) in [4.78, 5) is 0. The summed E-state index contributed by atoms with van der Waals surface area (Å²) in [6.45, 7) is 0. The van der Waals surface area contributed by atoms with Gasteiger partial charge in [-0.3, -0.25) is 0 Å². The van der Waals surface area contributed by atoms with E-state index in [4.69, 9.17) is 2.74 Å². The summed E-state index contributed by atoms with van der Waals surface area (Å²) in [5.41, 5.74) is 24.3. The minimum absolute atomic E-state index is 0.131. The normalized spacial score (nSPS) is 15.2. The highest BCUT2D eigenvalue weighted by atomic mass is 15.0. The largest absolute Gasteiger partial charge is 0.309 e. The highest BCUT2D eigenvalue weighted by molar-refractivity contribution is 6.14. The molecule has 84 heavy (non-hydrogen) atoms. The zero-order valence-electron chi connectivity index (χ0n) is 47.8. The molecule has 0 saturated heterocycles. The Morgan fingerprint density at radius 2 is 0.667 bits per heavy atom. The van der Waals surface area contributed by atoms with Gasteiger partial charge in [0.2, 0.25) is 0 Å². The third-order valence-electron chi connectivity index (χ3n) is 18.7. The Morgan fingerprint density at radius 1 is 0.262 bits per heavy atom. The van der Waals surface area contributed by atoms with Crippen LogP contribution in [0.2, 0.25) is 0 Å². The van der Waals surface area contributed by atoms with Crippen molar-refractivity contribution in [3.63, 3.8) is 0 Å². The molecule has 3 nitrogen and oxygen atoms in total. The molecule has 1 spiro atoms. The van der Waals surface area contributed by atoms with E-state index in [0.29, 0.717) is 12.1 Å². The van der Waals surface area contributed by atoms with Crippen molar-refractivity contribution in [1.82, 2.24) is 13.7 Å². The Bertz CT molecular complexity index is 5190. The van der Waals surface area contributed by atoms with Gasteiger partial charge in [-0.1, -0.05) is 237 Å². The Kier molecular flexibility index (Phi) is 9.70. The first kappa shape index (κ1) is 44.9. The van der Waals surface area contributed by atoms with Crippen molar-refractivity contribution in [3.05, 3.63) is 365 Å². The predicted molar refractivity (Wildman–Crippen MR) is 348 cm³/mol. The highest BCUT2D eigenvalue weighted by Gasteiger charge is 2.51. The lowest BCUT2D eigenvalue weighted by atomic mass is 9.64. The Morgan fingerprint density at radius 3 is 1.23 bits per heavy atom. The zero-order valence-corrected chi connectivity index (χ0v) is 45.8. The third kappa shape index (κ3) is 6.58. The predicted octanol–water partition coefficient (Wildman–Crippen LogP) is 20.0. The first-order chi connectivity index (χ1) is 42.5. The van der Waals surface area contributed by atoms with Gasteiger partial charge in [0, 0.05) is 55.5 Å². The van der Waals surface area contributed by atoms with E-state index in [2.05, 4.69) is 287 Å². The van der Waals surface area contributed by atoms with Crippen LogP contribution in [0.5, 0.6) is 0 Å². The van der Waals surface area contributed by atoms with Crippen molar-refractivity contribution in [2.24, 2.45) is 0 Å². The molecule has 3 aromatic heterocycles. The van der Waals surface area contributed by atoms with Crippen molar-refractivity contribution >= 4 is 65.4 Å². The van der Waals surface area contributed by atoms with Crippen LogP contribution in [0.15, 0.2) is 309 Å². The highest BCUT2D eigenvalue weighted by Crippen LogP contribution is 2.62. The van der Waals surface area contributed by atoms with Gasteiger partial charge in [-0.15, -0.1) is 0 Å². The summed E-state index contributed by atoms with van der Waals surface area (Å²) in [6, 6.07) is 110. The van der Waals surface area contributed by atoms with Crippen LogP contribution >= 0.6 is 0 Å². The lowest BCUT2D eigenvalue weighted by Crippen LogP contribution is -2.33. The van der Waals surface area contributed by atoms with Gasteiger partial charge >= 0.3 is 0 Å². The second-order valence-electron chi connectivity index (χ2n) is 22.9. The molecule has 18 rings (SSSR count). The van der Waals surface area contributed by atoms with E-state index in [9.17, 15) is 0 Å². The molecule has 1 aliphatic carbocycles. The molecule has 2 atom stereocenters. The van der Waals surface area contributed by atoms with Crippen LogP contribution in [-0.2, 0) is 5.41 Å². The second kappa shape index (κ2) is 18.1. The van der Waals surface area contributed by atoms with Crippen LogP contribution in [0, 0.1) is 0 Å². The van der Waals surface area contributed by atoms with Gasteiger partial charge in [0.05, 0.1) is 46.9 Å². The van der Waals surface area contributed by atoms with Gasteiger partial charge in [0.15, 0.2) is 0 Å². The van der Waals surface area contributed by atoms with E-state index in [-0.39, 0.29) is 11.8 Å². The standard InChI is InChI=1S/C81H53N3/c1-5-22-52(23-6-1)78(54-42-46-75-66(48-54)63-31-14-17-36-72(63)82(75)58-26-9-3-10-27-58)56-40-44-60-61-45-41-57(79(53-24-7-2-8-25-53)55-43-47-76-67(49-55)64-32-15-18-37-73(64)83(76)59-28-11-4-12-29-59)51-71(61)81(70(60)50-56)68-34-16-20-39-77(68)84-74-38-19-13-30-62(74)65-33-21-35-69(81)80(65)84/h1-51,78-79H/i14D,15D. The van der Waals surface area contributed by atoms with Gasteiger partial charge in [-0.05, 0) is 140 Å². The minimum atomic E-state index is -0.741. The van der Waals surface area contributed by atoms with E-state index in [1.807, 2.05) is 24.3 Å². The SMILES string of the molecule is [2H]c1ccc2c(c1)c1cc(C(c3ccccc3)c3ccc4c(c3)C3(c5cc(C(c6ccccc6)c6ccc7c(c6)c6cc([2H])ccc6n7-c6ccccc6)ccc5-4)c4ccccc4-n4c5ccccc5c5cccc3c54)ccc1n2-c1ccccc1.